The molecular formula is C6H9NO5. The molecule has 0 aromatic carbocycles. The van der Waals surface area contributed by atoms with Gasteiger partial charge < -0.3 is 15.2 Å². The standard InChI is InChI=1S/C6H9NO5/c1-11-6(10)4(7)2-5(9)12-3-8/h3-4H,2,7H2,1H3/t4-/m0/s1. The molecule has 0 aliphatic carbocycles. The number of hydrogen-bond donors (Lipinski definition) is 1. The van der Waals surface area contributed by atoms with Crippen molar-refractivity contribution in [3.63, 3.8) is 0 Å². The van der Waals surface area contributed by atoms with Gasteiger partial charge in [0.15, 0.2) is 0 Å². The summed E-state index contributed by atoms with van der Waals surface area (Å²) in [6, 6.07) is -1.08. The van der Waals surface area contributed by atoms with Crippen LogP contribution in [0, 0.1) is 0 Å². The fourth-order valence-corrected chi connectivity index (χ4v) is 0.516. The van der Waals surface area contributed by atoms with Crippen LogP contribution in [0.4, 0.5) is 0 Å². The third kappa shape index (κ3) is 3.67. The maximum atomic E-state index is 10.6. The maximum absolute atomic E-state index is 10.6. The zero-order chi connectivity index (χ0) is 9.56. The lowest BCUT2D eigenvalue weighted by atomic mass is 10.2. The van der Waals surface area contributed by atoms with Gasteiger partial charge in [0.1, 0.15) is 6.04 Å². The van der Waals surface area contributed by atoms with Crippen LogP contribution in [0.2, 0.25) is 0 Å². The first-order valence-electron chi connectivity index (χ1n) is 3.08. The molecule has 0 bridgehead atoms. The topological polar surface area (TPSA) is 95.7 Å². The van der Waals surface area contributed by atoms with Crippen molar-refractivity contribution in [2.75, 3.05) is 7.11 Å². The lowest BCUT2D eigenvalue weighted by Crippen LogP contribution is -2.34. The minimum atomic E-state index is -1.08. The van der Waals surface area contributed by atoms with Gasteiger partial charge in [-0.25, -0.2) is 0 Å². The lowest BCUT2D eigenvalue weighted by Gasteiger charge is -2.05. The van der Waals surface area contributed by atoms with Crippen LogP contribution >= 0.6 is 0 Å². The van der Waals surface area contributed by atoms with Crippen LogP contribution in [0.3, 0.4) is 0 Å². The zero-order valence-electron chi connectivity index (χ0n) is 6.48. The van der Waals surface area contributed by atoms with E-state index in [1.165, 1.54) is 0 Å². The van der Waals surface area contributed by atoms with Crippen molar-refractivity contribution in [3.05, 3.63) is 0 Å². The van der Waals surface area contributed by atoms with Crippen molar-refractivity contribution in [3.8, 4) is 0 Å². The minimum Gasteiger partial charge on any atom is -0.468 e. The second kappa shape index (κ2) is 5.25. The van der Waals surface area contributed by atoms with Crippen LogP contribution in [-0.2, 0) is 23.9 Å². The average molecular weight is 175 g/mol. The Morgan fingerprint density at radius 2 is 2.17 bits per heavy atom. The molecule has 0 aliphatic heterocycles. The molecule has 6 nitrogen and oxygen atoms in total. The molecule has 6 heteroatoms. The minimum absolute atomic E-state index is 0.0215. The fraction of sp³-hybridized carbons (Fsp3) is 0.500. The molecule has 0 saturated carbocycles. The number of hydrogen-bond acceptors (Lipinski definition) is 6. The van der Waals surface area contributed by atoms with Gasteiger partial charge in [0.25, 0.3) is 0 Å². The van der Waals surface area contributed by atoms with Crippen molar-refractivity contribution in [1.82, 2.24) is 0 Å². The average Bonchev–Trinajstić information content (AvgIpc) is 2.03. The van der Waals surface area contributed by atoms with Crippen LogP contribution in [0.1, 0.15) is 6.42 Å². The molecule has 68 valence electrons. The Labute approximate surface area is 68.6 Å². The van der Waals surface area contributed by atoms with E-state index >= 15 is 0 Å². The highest BCUT2D eigenvalue weighted by Gasteiger charge is 2.18. The summed E-state index contributed by atoms with van der Waals surface area (Å²) in [5.74, 6) is -1.58. The molecule has 0 heterocycles. The SMILES string of the molecule is COC(=O)[C@@H](N)CC(=O)OC=O. The largest absolute Gasteiger partial charge is 0.468 e. The predicted molar refractivity (Wildman–Crippen MR) is 36.8 cm³/mol. The monoisotopic (exact) mass is 175 g/mol. The second-order valence-electron chi connectivity index (χ2n) is 1.92. The van der Waals surface area contributed by atoms with Gasteiger partial charge in [-0.2, -0.15) is 0 Å². The van der Waals surface area contributed by atoms with Gasteiger partial charge in [-0.1, -0.05) is 0 Å². The molecule has 0 radical (unpaired) electrons. The van der Waals surface area contributed by atoms with Gasteiger partial charge >= 0.3 is 18.4 Å². The van der Waals surface area contributed by atoms with Crippen molar-refractivity contribution in [1.29, 1.82) is 0 Å². The molecule has 0 aromatic heterocycles. The Bertz CT molecular complexity index is 190. The van der Waals surface area contributed by atoms with Gasteiger partial charge in [0.05, 0.1) is 13.5 Å². The van der Waals surface area contributed by atoms with Gasteiger partial charge in [-0.05, 0) is 0 Å². The molecule has 12 heavy (non-hydrogen) atoms. The third-order valence-electron chi connectivity index (χ3n) is 1.07. The first-order chi connectivity index (χ1) is 5.61. The first-order valence-corrected chi connectivity index (χ1v) is 3.08. The molecule has 2 N–H and O–H groups in total. The highest BCUT2D eigenvalue weighted by atomic mass is 16.6. The normalized spacial score (nSPS) is 11.5. The number of rotatable bonds is 4. The summed E-state index contributed by atoms with van der Waals surface area (Å²) >= 11 is 0. The van der Waals surface area contributed by atoms with Crippen LogP contribution in [-0.4, -0.2) is 31.6 Å². The second-order valence-corrected chi connectivity index (χ2v) is 1.92. The Morgan fingerprint density at radius 1 is 1.58 bits per heavy atom. The van der Waals surface area contributed by atoms with E-state index in [0.717, 1.165) is 7.11 Å². The zero-order valence-corrected chi connectivity index (χ0v) is 6.48. The van der Waals surface area contributed by atoms with Crippen molar-refractivity contribution in [2.45, 2.75) is 12.5 Å². The maximum Gasteiger partial charge on any atom is 0.323 e. The summed E-state index contributed by atoms with van der Waals surface area (Å²) in [5.41, 5.74) is 5.17. The molecule has 0 spiro atoms. The van der Waals surface area contributed by atoms with E-state index in [9.17, 15) is 14.4 Å². The van der Waals surface area contributed by atoms with Gasteiger partial charge in [0.2, 0.25) is 0 Å². The molecule has 1 atom stereocenters. The highest BCUT2D eigenvalue weighted by Crippen LogP contribution is 1.92. The van der Waals surface area contributed by atoms with Crippen molar-refractivity contribution < 1.29 is 23.9 Å². The van der Waals surface area contributed by atoms with E-state index in [1.807, 2.05) is 0 Å². The lowest BCUT2D eigenvalue weighted by molar-refractivity contribution is -0.154. The summed E-state index contributed by atoms with van der Waals surface area (Å²) in [6.45, 7) is -0.0215. The smallest absolute Gasteiger partial charge is 0.323 e. The van der Waals surface area contributed by atoms with Crippen molar-refractivity contribution in [2.24, 2.45) is 5.73 Å². The molecule has 0 unspecified atom stereocenters. The summed E-state index contributed by atoms with van der Waals surface area (Å²) in [6.07, 6.45) is -0.370. The third-order valence-corrected chi connectivity index (χ3v) is 1.07. The van der Waals surface area contributed by atoms with E-state index in [1.54, 1.807) is 0 Å². The highest BCUT2D eigenvalue weighted by molar-refractivity contribution is 5.84. The summed E-state index contributed by atoms with van der Waals surface area (Å²) in [7, 11) is 1.15. The van der Waals surface area contributed by atoms with E-state index in [4.69, 9.17) is 5.73 Å². The Morgan fingerprint density at radius 3 is 2.58 bits per heavy atom. The molecule has 0 saturated heterocycles. The van der Waals surface area contributed by atoms with Crippen LogP contribution in [0.25, 0.3) is 0 Å². The van der Waals surface area contributed by atoms with E-state index < -0.39 is 18.0 Å². The molecule has 0 fully saturated rings. The molecule has 0 rings (SSSR count). The number of ether oxygens (including phenoxy) is 2. The van der Waals surface area contributed by atoms with Crippen LogP contribution < -0.4 is 5.73 Å². The van der Waals surface area contributed by atoms with Crippen molar-refractivity contribution >= 4 is 18.4 Å². The number of carbonyl (C=O) groups excluding carboxylic acids is 3. The Hall–Kier alpha value is -1.43. The summed E-state index contributed by atoms with van der Waals surface area (Å²) in [5, 5.41) is 0. The van der Waals surface area contributed by atoms with Crippen LogP contribution in [0.5, 0.6) is 0 Å². The Kier molecular flexibility index (Phi) is 4.62. The van der Waals surface area contributed by atoms with E-state index in [2.05, 4.69) is 9.47 Å². The van der Waals surface area contributed by atoms with Crippen LogP contribution in [0.15, 0.2) is 0 Å². The molecular weight excluding hydrogens is 166 g/mol. The quantitative estimate of drug-likeness (QED) is 0.320. The van der Waals surface area contributed by atoms with Gasteiger partial charge in [0, 0.05) is 0 Å². The predicted octanol–water partition coefficient (Wildman–Crippen LogP) is -1.42. The van der Waals surface area contributed by atoms with Gasteiger partial charge in [-0.3, -0.25) is 14.4 Å². The summed E-state index contributed by atoms with van der Waals surface area (Å²) in [4.78, 5) is 30.8. The number of esters is 2. The molecule has 0 amide bonds. The number of methoxy groups -OCH3 is 1. The number of nitrogens with two attached hydrogens (primary N) is 1. The molecule has 0 aromatic rings. The fourth-order valence-electron chi connectivity index (χ4n) is 0.516. The number of carbonyl (C=O) groups is 3. The van der Waals surface area contributed by atoms with Gasteiger partial charge in [-0.15, -0.1) is 0 Å². The van der Waals surface area contributed by atoms with E-state index in [0.29, 0.717) is 0 Å². The molecule has 0 aliphatic rings. The first kappa shape index (κ1) is 10.6. The summed E-state index contributed by atoms with van der Waals surface area (Å²) < 4.78 is 8.13. The van der Waals surface area contributed by atoms with E-state index in [-0.39, 0.29) is 12.9 Å². The Balaban J connectivity index is 3.83.